The number of benzene rings is 1. The first-order chi connectivity index (χ1) is 13.5. The minimum atomic E-state index is -0.234. The Morgan fingerprint density at radius 2 is 2.03 bits per heavy atom. The molecular formula is C20H24FN5OOsS. The minimum Gasteiger partial charge on any atom is -0.435 e. The van der Waals surface area contributed by atoms with Crippen LogP contribution in [0.15, 0.2) is 29.4 Å². The molecule has 9 heteroatoms. The summed E-state index contributed by atoms with van der Waals surface area (Å²) in [5.74, 6) is 0.546. The topological polar surface area (TPSA) is 75.4 Å². The van der Waals surface area contributed by atoms with Crippen molar-refractivity contribution in [2.45, 2.75) is 24.9 Å². The van der Waals surface area contributed by atoms with E-state index in [4.69, 9.17) is 5.73 Å². The maximum absolute atomic E-state index is 13.9. The molecule has 1 aromatic heterocycles. The summed E-state index contributed by atoms with van der Waals surface area (Å²) in [6, 6.07) is 6.72. The van der Waals surface area contributed by atoms with E-state index in [0.717, 1.165) is 5.56 Å². The van der Waals surface area contributed by atoms with E-state index in [2.05, 4.69) is 16.2 Å². The molecule has 29 heavy (non-hydrogen) atoms. The number of nitrogens with zero attached hydrogens (tertiary/aromatic N) is 4. The third-order valence-corrected chi connectivity index (χ3v) is 5.70. The van der Waals surface area contributed by atoms with Gasteiger partial charge < -0.3 is 31.9 Å². The number of hydrogen-bond acceptors (Lipinski definition) is 6. The van der Waals surface area contributed by atoms with Gasteiger partial charge in [0.25, 0.3) is 0 Å². The molecule has 0 spiro atoms. The van der Waals surface area contributed by atoms with Crippen molar-refractivity contribution in [2.24, 2.45) is 0 Å². The van der Waals surface area contributed by atoms with Crippen molar-refractivity contribution < 1.29 is 29.0 Å². The van der Waals surface area contributed by atoms with Gasteiger partial charge in [0.15, 0.2) is 0 Å². The van der Waals surface area contributed by atoms with Gasteiger partial charge in [-0.2, -0.15) is 12.8 Å². The summed E-state index contributed by atoms with van der Waals surface area (Å²) in [5, 5.41) is 0.447. The minimum absolute atomic E-state index is 0. The number of para-hydroxylation sites is 1. The molecule has 0 bridgehead atoms. The van der Waals surface area contributed by atoms with Crippen LogP contribution < -0.4 is 10.6 Å². The van der Waals surface area contributed by atoms with Crippen molar-refractivity contribution >= 4 is 29.2 Å². The van der Waals surface area contributed by atoms with Crippen molar-refractivity contribution in [2.75, 3.05) is 42.6 Å². The molecule has 1 fully saturated rings. The number of carbonyl (C=O) groups excluding carboxylic acids is 1. The number of halogens is 1. The van der Waals surface area contributed by atoms with E-state index in [9.17, 15) is 9.18 Å². The van der Waals surface area contributed by atoms with Gasteiger partial charge >= 0.3 is 19.8 Å². The third-order valence-electron chi connectivity index (χ3n) is 4.87. The molecule has 1 amide bonds. The molecule has 1 saturated heterocycles. The number of amides is 1. The Bertz CT molecular complexity index is 832. The summed E-state index contributed by atoms with van der Waals surface area (Å²) in [7, 11) is 0. The average molecular weight is 592 g/mol. The molecule has 1 unspecified atom stereocenters. The zero-order chi connectivity index (χ0) is 20.1. The Morgan fingerprint density at radius 3 is 2.66 bits per heavy atom. The molecule has 156 valence electrons. The van der Waals surface area contributed by atoms with E-state index in [0.29, 0.717) is 42.8 Å². The summed E-state index contributed by atoms with van der Waals surface area (Å²) in [5.41, 5.74) is 7.33. The van der Waals surface area contributed by atoms with Gasteiger partial charge in [-0.3, -0.25) is 4.79 Å². The van der Waals surface area contributed by atoms with Crippen LogP contribution in [-0.2, 0) is 24.6 Å². The van der Waals surface area contributed by atoms with Gasteiger partial charge in [0.05, 0.1) is 16.6 Å². The molecule has 2 N–H and O–H groups in total. The molecular weight excluding hydrogens is 568 g/mol. The molecule has 3 rings (SSSR count). The number of nitrogen functional groups attached to an aromatic ring is 1. The van der Waals surface area contributed by atoms with E-state index in [1.807, 2.05) is 31.2 Å². The van der Waals surface area contributed by atoms with Crippen molar-refractivity contribution in [1.29, 1.82) is 0 Å². The zero-order valence-electron chi connectivity index (χ0n) is 16.4. The fourth-order valence-corrected chi connectivity index (χ4v) is 3.75. The summed E-state index contributed by atoms with van der Waals surface area (Å²) in [6.07, 6.45) is 4.93. The molecule has 1 atom stereocenters. The Morgan fingerprint density at radius 1 is 1.34 bits per heavy atom. The average Bonchev–Trinajstić information content (AvgIpc) is 2.72. The van der Waals surface area contributed by atoms with Crippen molar-refractivity contribution in [1.82, 2.24) is 14.9 Å². The first-order valence-corrected chi connectivity index (χ1v) is 10.2. The zero-order valence-corrected chi connectivity index (χ0v) is 19.8. The molecule has 1 aliphatic heterocycles. The maximum atomic E-state index is 13.9. The van der Waals surface area contributed by atoms with E-state index >= 15 is 0 Å². The summed E-state index contributed by atoms with van der Waals surface area (Å²) in [6.45, 7) is 6.29. The van der Waals surface area contributed by atoms with Gasteiger partial charge in [0.1, 0.15) is 5.82 Å². The number of thioether (sulfide) groups is 1. The molecule has 1 aliphatic rings. The van der Waals surface area contributed by atoms with Crippen LogP contribution in [0.25, 0.3) is 0 Å². The number of rotatable bonds is 6. The quantitative estimate of drug-likeness (QED) is 0.317. The number of anilines is 2. The molecule has 1 aromatic carbocycles. The van der Waals surface area contributed by atoms with Crippen molar-refractivity contribution in [3.63, 3.8) is 0 Å². The predicted octanol–water partition coefficient (Wildman–Crippen LogP) is 2.76. The van der Waals surface area contributed by atoms with Gasteiger partial charge in [-0.25, -0.2) is 4.39 Å². The van der Waals surface area contributed by atoms with E-state index in [1.54, 1.807) is 17.0 Å². The van der Waals surface area contributed by atoms with Crippen LogP contribution in [0.1, 0.15) is 25.3 Å². The first-order valence-electron chi connectivity index (χ1n) is 9.24. The number of carbonyl (C=O) groups is 1. The fourth-order valence-electron chi connectivity index (χ4n) is 3.04. The molecule has 2 aromatic rings. The molecule has 0 radical (unpaired) electrons. The van der Waals surface area contributed by atoms with E-state index in [-0.39, 0.29) is 43.2 Å². The van der Waals surface area contributed by atoms with Crippen LogP contribution >= 0.6 is 11.8 Å². The van der Waals surface area contributed by atoms with Crippen LogP contribution in [0, 0.1) is 18.4 Å². The predicted molar refractivity (Wildman–Crippen MR) is 110 cm³/mol. The smallest absolute Gasteiger partial charge is 0.435 e. The van der Waals surface area contributed by atoms with Gasteiger partial charge in [-0.1, -0.05) is 25.3 Å². The van der Waals surface area contributed by atoms with Crippen molar-refractivity contribution in [3.8, 4) is 0 Å². The summed E-state index contributed by atoms with van der Waals surface area (Å²) in [4.78, 5) is 24.7. The van der Waals surface area contributed by atoms with Gasteiger partial charge in [0.2, 0.25) is 5.91 Å². The van der Waals surface area contributed by atoms with E-state index in [1.165, 1.54) is 17.8 Å². The van der Waals surface area contributed by atoms with Crippen LogP contribution in [0.5, 0.6) is 0 Å². The third kappa shape index (κ3) is 5.89. The normalized spacial score (nSPS) is 15.0. The molecule has 0 saturated carbocycles. The Labute approximate surface area is 188 Å². The van der Waals surface area contributed by atoms with Gasteiger partial charge in [-0.05, 0) is 12.1 Å². The van der Waals surface area contributed by atoms with Crippen LogP contribution in [0.3, 0.4) is 0 Å². The monoisotopic (exact) mass is 593 g/mol. The van der Waals surface area contributed by atoms with Crippen molar-refractivity contribution in [3.05, 3.63) is 48.3 Å². The largest absolute Gasteiger partial charge is 2.00 e. The van der Waals surface area contributed by atoms with Gasteiger partial charge in [-0.15, -0.1) is 17.3 Å². The Kier molecular flexibility index (Phi) is 8.85. The second-order valence-corrected chi connectivity index (χ2v) is 7.59. The van der Waals surface area contributed by atoms with E-state index < -0.39 is 0 Å². The van der Waals surface area contributed by atoms with Crippen LogP contribution in [0.4, 0.5) is 15.9 Å². The van der Waals surface area contributed by atoms with Crippen LogP contribution in [0.2, 0.25) is 0 Å². The van der Waals surface area contributed by atoms with Gasteiger partial charge in [0, 0.05) is 32.0 Å². The molecule has 6 nitrogen and oxygen atoms in total. The number of nitrogens with two attached hydrogens (primary N) is 1. The first kappa shape index (κ1) is 23.6. The summed E-state index contributed by atoms with van der Waals surface area (Å²) < 4.78 is 13.9. The Balaban J connectivity index is 0.00000300. The standard InChI is InChI=1S/C20H24FN5OS.Os/c1-3-14(2)15-12-23-20(24-19(15)22)28-13-18(27)26-10-8-25(9-11-26)17-7-5-4-6-16(17)21;/h3-7,14H,8-11,13H2,1-2H3,(H2,22,23,24);/q-2;+2. The second kappa shape index (κ2) is 10.9. The number of piperazine rings is 1. The number of hydrogen-bond donors (Lipinski definition) is 1. The molecule has 2 heterocycles. The fraction of sp³-hybridized carbons (Fsp3) is 0.400. The molecule has 0 aliphatic carbocycles. The summed E-state index contributed by atoms with van der Waals surface area (Å²) >= 11 is 1.26. The maximum Gasteiger partial charge on any atom is 2.00 e. The van der Waals surface area contributed by atoms with Crippen LogP contribution in [-0.4, -0.2) is 52.7 Å². The SMILES string of the molecule is C[CH-]C(C)c1[c-]nc(SCC(=O)N2CCN(c3ccccc3F)CC2)nc1N.[Os+2]. The Hall–Kier alpha value is -1.71. The number of aromatic nitrogens is 2. The second-order valence-electron chi connectivity index (χ2n) is 6.65.